The molecule has 8 nitrogen and oxygen atoms in total. The molecular weight excluding hydrogens is 254 g/mol. The van der Waals surface area contributed by atoms with E-state index in [1.807, 2.05) is 0 Å². The summed E-state index contributed by atoms with van der Waals surface area (Å²) in [7, 11) is 1.17. The number of rotatable bonds is 3. The summed E-state index contributed by atoms with van der Waals surface area (Å²) in [6.45, 7) is 1.77. The summed E-state index contributed by atoms with van der Waals surface area (Å²) in [6, 6.07) is 4.47. The first-order chi connectivity index (χ1) is 9.02. The lowest BCUT2D eigenvalue weighted by Crippen LogP contribution is -2.00. The molecule has 0 N–H and O–H groups in total. The van der Waals surface area contributed by atoms with Crippen molar-refractivity contribution in [1.82, 2.24) is 10.2 Å². The molecule has 1 aromatic carbocycles. The number of aryl methyl sites for hydroxylation is 1. The van der Waals surface area contributed by atoms with Crippen molar-refractivity contribution in [2.24, 2.45) is 0 Å². The van der Waals surface area contributed by atoms with Crippen LogP contribution in [0.5, 0.6) is 0 Å². The first kappa shape index (κ1) is 12.7. The van der Waals surface area contributed by atoms with Crippen LogP contribution >= 0.6 is 0 Å². The predicted molar refractivity (Wildman–Crippen MR) is 62.5 cm³/mol. The number of aromatic nitrogens is 2. The van der Waals surface area contributed by atoms with Crippen molar-refractivity contribution in [2.45, 2.75) is 6.92 Å². The third-order valence-electron chi connectivity index (χ3n) is 2.36. The molecule has 0 saturated heterocycles. The standard InChI is InChI=1S/C11H9N3O5/c1-6-3-4-8(14(16)17)7(5-6)9-12-13-10(19-9)11(15)18-2/h3-5H,1-2H3. The summed E-state index contributed by atoms with van der Waals surface area (Å²) in [4.78, 5) is 21.6. The molecule has 0 unspecified atom stereocenters. The summed E-state index contributed by atoms with van der Waals surface area (Å²) >= 11 is 0. The minimum absolute atomic E-state index is 0.101. The molecule has 0 radical (unpaired) electrons. The van der Waals surface area contributed by atoms with E-state index < -0.39 is 10.9 Å². The third-order valence-corrected chi connectivity index (χ3v) is 2.36. The number of nitro benzene ring substituents is 1. The van der Waals surface area contributed by atoms with Crippen molar-refractivity contribution in [3.05, 3.63) is 39.8 Å². The maximum absolute atomic E-state index is 11.2. The Morgan fingerprint density at radius 2 is 2.16 bits per heavy atom. The van der Waals surface area contributed by atoms with Gasteiger partial charge in [0.2, 0.25) is 0 Å². The van der Waals surface area contributed by atoms with E-state index in [1.165, 1.54) is 19.2 Å². The number of esters is 1. The minimum atomic E-state index is -0.797. The van der Waals surface area contributed by atoms with Crippen LogP contribution < -0.4 is 0 Å². The van der Waals surface area contributed by atoms with Crippen LogP contribution in [0.4, 0.5) is 5.69 Å². The number of benzene rings is 1. The molecule has 2 rings (SSSR count). The molecule has 0 aliphatic rings. The average Bonchev–Trinajstić information content (AvgIpc) is 2.86. The minimum Gasteiger partial charge on any atom is -0.462 e. The summed E-state index contributed by atoms with van der Waals surface area (Å²) in [6.07, 6.45) is 0. The highest BCUT2D eigenvalue weighted by Crippen LogP contribution is 2.29. The number of hydrogen-bond acceptors (Lipinski definition) is 7. The summed E-state index contributed by atoms with van der Waals surface area (Å²) < 4.78 is 9.48. The lowest BCUT2D eigenvalue weighted by atomic mass is 10.1. The maximum atomic E-state index is 11.2. The van der Waals surface area contributed by atoms with Crippen LogP contribution in [0, 0.1) is 17.0 Å². The highest BCUT2D eigenvalue weighted by Gasteiger charge is 2.22. The monoisotopic (exact) mass is 263 g/mol. The van der Waals surface area contributed by atoms with Crippen LogP contribution in [0.2, 0.25) is 0 Å². The van der Waals surface area contributed by atoms with Gasteiger partial charge < -0.3 is 9.15 Å². The lowest BCUT2D eigenvalue weighted by Gasteiger charge is -1.99. The van der Waals surface area contributed by atoms with Crippen molar-refractivity contribution < 1.29 is 18.9 Å². The third kappa shape index (κ3) is 2.41. The van der Waals surface area contributed by atoms with Gasteiger partial charge in [-0.15, -0.1) is 10.2 Å². The molecule has 1 aromatic heterocycles. The second-order valence-corrected chi connectivity index (χ2v) is 3.68. The second-order valence-electron chi connectivity index (χ2n) is 3.68. The SMILES string of the molecule is COC(=O)c1nnc(-c2cc(C)ccc2[N+](=O)[O-])o1. The number of nitrogens with zero attached hydrogens (tertiary/aromatic N) is 3. The Kier molecular flexibility index (Phi) is 3.23. The highest BCUT2D eigenvalue weighted by atomic mass is 16.6. The van der Waals surface area contributed by atoms with E-state index in [-0.39, 0.29) is 23.0 Å². The fraction of sp³-hybridized carbons (Fsp3) is 0.182. The van der Waals surface area contributed by atoms with Gasteiger partial charge in [0.05, 0.1) is 12.0 Å². The average molecular weight is 263 g/mol. The zero-order chi connectivity index (χ0) is 14.0. The molecule has 0 amide bonds. The molecule has 0 aliphatic carbocycles. The molecule has 2 aromatic rings. The topological polar surface area (TPSA) is 108 Å². The Hall–Kier alpha value is -2.77. The maximum Gasteiger partial charge on any atom is 0.396 e. The number of methoxy groups -OCH3 is 1. The van der Waals surface area contributed by atoms with Gasteiger partial charge in [0.25, 0.3) is 11.6 Å². The Balaban J connectivity index is 2.52. The van der Waals surface area contributed by atoms with Crippen molar-refractivity contribution in [3.8, 4) is 11.5 Å². The molecule has 19 heavy (non-hydrogen) atoms. The summed E-state index contributed by atoms with van der Waals surface area (Å²) in [5.74, 6) is -1.25. The van der Waals surface area contributed by atoms with E-state index in [1.54, 1.807) is 13.0 Å². The van der Waals surface area contributed by atoms with E-state index in [4.69, 9.17) is 4.42 Å². The van der Waals surface area contributed by atoms with Gasteiger partial charge in [0, 0.05) is 6.07 Å². The van der Waals surface area contributed by atoms with Crippen LogP contribution in [0.15, 0.2) is 22.6 Å². The number of carbonyl (C=O) groups excluding carboxylic acids is 1. The predicted octanol–water partition coefficient (Wildman–Crippen LogP) is 1.74. The molecular formula is C11H9N3O5. The molecule has 0 fully saturated rings. The molecule has 8 heteroatoms. The lowest BCUT2D eigenvalue weighted by molar-refractivity contribution is -0.384. The van der Waals surface area contributed by atoms with E-state index in [9.17, 15) is 14.9 Å². The molecule has 98 valence electrons. The molecule has 0 saturated carbocycles. The van der Waals surface area contributed by atoms with Crippen LogP contribution in [0.3, 0.4) is 0 Å². The van der Waals surface area contributed by atoms with Crippen molar-refractivity contribution >= 4 is 11.7 Å². The van der Waals surface area contributed by atoms with Crippen LogP contribution in [-0.4, -0.2) is 28.2 Å². The number of nitro groups is 1. The van der Waals surface area contributed by atoms with Crippen molar-refractivity contribution in [2.75, 3.05) is 7.11 Å². The van der Waals surface area contributed by atoms with E-state index in [2.05, 4.69) is 14.9 Å². The van der Waals surface area contributed by atoms with Crippen LogP contribution in [-0.2, 0) is 4.74 Å². The van der Waals surface area contributed by atoms with Gasteiger partial charge in [0.1, 0.15) is 5.56 Å². The molecule has 0 spiro atoms. The van der Waals surface area contributed by atoms with Crippen molar-refractivity contribution in [3.63, 3.8) is 0 Å². The van der Waals surface area contributed by atoms with Gasteiger partial charge in [-0.25, -0.2) is 4.79 Å². The number of carbonyl (C=O) groups is 1. The fourth-order valence-electron chi connectivity index (χ4n) is 1.48. The zero-order valence-electron chi connectivity index (χ0n) is 10.1. The Morgan fingerprint density at radius 3 is 2.79 bits per heavy atom. The second kappa shape index (κ2) is 4.84. The highest BCUT2D eigenvalue weighted by molar-refractivity contribution is 5.84. The largest absolute Gasteiger partial charge is 0.462 e. The molecule has 0 aliphatic heterocycles. The van der Waals surface area contributed by atoms with Gasteiger partial charge >= 0.3 is 11.9 Å². The smallest absolute Gasteiger partial charge is 0.396 e. The van der Waals surface area contributed by atoms with Gasteiger partial charge in [-0.3, -0.25) is 10.1 Å². The van der Waals surface area contributed by atoms with Crippen LogP contribution in [0.1, 0.15) is 16.2 Å². The first-order valence-corrected chi connectivity index (χ1v) is 5.20. The van der Waals surface area contributed by atoms with E-state index >= 15 is 0 Å². The van der Waals surface area contributed by atoms with Crippen LogP contribution in [0.25, 0.3) is 11.5 Å². The molecule has 0 bridgehead atoms. The zero-order valence-corrected chi connectivity index (χ0v) is 10.1. The summed E-state index contributed by atoms with van der Waals surface area (Å²) in [5, 5.41) is 18.0. The van der Waals surface area contributed by atoms with E-state index in [0.29, 0.717) is 0 Å². The van der Waals surface area contributed by atoms with Crippen molar-refractivity contribution in [1.29, 1.82) is 0 Å². The Bertz CT molecular complexity index is 650. The molecule has 1 heterocycles. The Morgan fingerprint density at radius 1 is 1.42 bits per heavy atom. The number of ether oxygens (including phenoxy) is 1. The normalized spacial score (nSPS) is 10.2. The molecule has 0 atom stereocenters. The Labute approximate surface area is 107 Å². The quantitative estimate of drug-likeness (QED) is 0.471. The first-order valence-electron chi connectivity index (χ1n) is 5.20. The van der Waals surface area contributed by atoms with Gasteiger partial charge in [-0.1, -0.05) is 6.07 Å². The van der Waals surface area contributed by atoms with E-state index in [0.717, 1.165) is 5.56 Å². The number of hydrogen-bond donors (Lipinski definition) is 0. The van der Waals surface area contributed by atoms with Gasteiger partial charge in [-0.05, 0) is 18.6 Å². The van der Waals surface area contributed by atoms with Gasteiger partial charge in [0.15, 0.2) is 0 Å². The fourth-order valence-corrected chi connectivity index (χ4v) is 1.48. The van der Waals surface area contributed by atoms with Gasteiger partial charge in [-0.2, -0.15) is 0 Å². The summed E-state index contributed by atoms with van der Waals surface area (Å²) in [5.41, 5.74) is 0.775.